The minimum atomic E-state index is -0.0930. The number of carbonyl (C=O) groups excluding carboxylic acids is 1. The zero-order valence-corrected chi connectivity index (χ0v) is 13.9. The molecule has 116 valence electrons. The van der Waals surface area contributed by atoms with Crippen molar-refractivity contribution in [1.82, 2.24) is 4.98 Å². The van der Waals surface area contributed by atoms with E-state index in [1.54, 1.807) is 11.3 Å². The maximum absolute atomic E-state index is 11.0. The minimum Gasteiger partial charge on any atom is -0.302 e. The van der Waals surface area contributed by atoms with E-state index in [0.29, 0.717) is 11.7 Å². The Hall–Kier alpha value is -1.89. The van der Waals surface area contributed by atoms with E-state index in [1.165, 1.54) is 28.7 Å². The van der Waals surface area contributed by atoms with Crippen LogP contribution in [-0.4, -0.2) is 17.4 Å². The van der Waals surface area contributed by atoms with Crippen LogP contribution in [0.15, 0.2) is 21.9 Å². The van der Waals surface area contributed by atoms with Gasteiger partial charge in [0.05, 0.1) is 5.69 Å². The van der Waals surface area contributed by atoms with Gasteiger partial charge in [0.2, 0.25) is 5.91 Å². The van der Waals surface area contributed by atoms with Crippen molar-refractivity contribution in [2.75, 3.05) is 11.9 Å². The number of azide groups is 1. The van der Waals surface area contributed by atoms with Crippen LogP contribution in [0.2, 0.25) is 0 Å². The summed E-state index contributed by atoms with van der Waals surface area (Å²) in [5.74, 6) is -0.0930. The summed E-state index contributed by atoms with van der Waals surface area (Å²) in [5.41, 5.74) is 10.5. The normalized spacial score (nSPS) is 10.2. The first-order valence-corrected chi connectivity index (χ1v) is 8.72. The molecule has 6 nitrogen and oxygen atoms in total. The number of hydrogen-bond acceptors (Lipinski definition) is 5. The Morgan fingerprint density at radius 2 is 2.23 bits per heavy atom. The van der Waals surface area contributed by atoms with Crippen LogP contribution in [0, 0.1) is 0 Å². The monoisotopic (exact) mass is 335 g/mol. The first-order chi connectivity index (χ1) is 10.7. The van der Waals surface area contributed by atoms with E-state index in [9.17, 15) is 4.79 Å². The van der Waals surface area contributed by atoms with Crippen molar-refractivity contribution < 1.29 is 4.79 Å². The maximum Gasteiger partial charge on any atom is 0.223 e. The van der Waals surface area contributed by atoms with Crippen LogP contribution in [0.5, 0.6) is 0 Å². The van der Waals surface area contributed by atoms with E-state index >= 15 is 0 Å². The largest absolute Gasteiger partial charge is 0.302 e. The van der Waals surface area contributed by atoms with Crippen molar-refractivity contribution in [3.63, 3.8) is 0 Å². The van der Waals surface area contributed by atoms with Crippen molar-refractivity contribution >= 4 is 33.7 Å². The lowest BCUT2D eigenvalue weighted by Gasteiger charge is -1.96. The van der Waals surface area contributed by atoms with Crippen LogP contribution in [0.3, 0.4) is 0 Å². The standard InChI is InChI=1S/C14H17N5OS2/c1-10(20)17-14-18-12(9-22-14)4-5-13-7-11(8-21-13)3-2-6-16-19-15/h7-9H,2-6H2,1H3,(H,17,18,20). The molecule has 1 N–H and O–H groups in total. The van der Waals surface area contributed by atoms with Gasteiger partial charge in [0, 0.05) is 28.6 Å². The second-order valence-corrected chi connectivity index (χ2v) is 6.66. The molecule has 1 amide bonds. The Labute approximate surface area is 136 Å². The number of rotatable bonds is 8. The van der Waals surface area contributed by atoms with E-state index in [-0.39, 0.29) is 5.91 Å². The number of hydrogen-bond donors (Lipinski definition) is 1. The van der Waals surface area contributed by atoms with Crippen LogP contribution in [-0.2, 0) is 24.1 Å². The molecule has 0 unspecified atom stereocenters. The number of thiazole rings is 1. The molecule has 2 aromatic rings. The Balaban J connectivity index is 1.79. The molecule has 0 bridgehead atoms. The van der Waals surface area contributed by atoms with Gasteiger partial charge in [-0.2, -0.15) is 0 Å². The number of nitrogens with one attached hydrogen (secondary N) is 1. The van der Waals surface area contributed by atoms with Gasteiger partial charge < -0.3 is 5.32 Å². The molecule has 0 spiro atoms. The maximum atomic E-state index is 11.0. The van der Waals surface area contributed by atoms with Gasteiger partial charge in [-0.1, -0.05) is 5.11 Å². The molecule has 0 saturated carbocycles. The molecule has 2 rings (SSSR count). The third kappa shape index (κ3) is 5.48. The van der Waals surface area contributed by atoms with Crippen LogP contribution < -0.4 is 5.32 Å². The lowest BCUT2D eigenvalue weighted by Crippen LogP contribution is -2.05. The predicted molar refractivity (Wildman–Crippen MR) is 90.5 cm³/mol. The van der Waals surface area contributed by atoms with Crippen LogP contribution in [0.4, 0.5) is 5.13 Å². The highest BCUT2D eigenvalue weighted by Crippen LogP contribution is 2.20. The van der Waals surface area contributed by atoms with Crippen LogP contribution >= 0.6 is 22.7 Å². The van der Waals surface area contributed by atoms with Crippen molar-refractivity contribution in [2.45, 2.75) is 32.6 Å². The Morgan fingerprint density at radius 1 is 1.36 bits per heavy atom. The molecule has 0 atom stereocenters. The Kier molecular flexibility index (Phi) is 6.39. The SMILES string of the molecule is CC(=O)Nc1nc(CCc2cc(CCCN=[N+]=[N-])cs2)cs1. The molecule has 22 heavy (non-hydrogen) atoms. The Bertz CT molecular complexity index is 672. The molecule has 0 saturated heterocycles. The third-order valence-electron chi connectivity index (χ3n) is 2.96. The quantitative estimate of drug-likeness (QED) is 0.339. The summed E-state index contributed by atoms with van der Waals surface area (Å²) in [6, 6.07) is 2.21. The summed E-state index contributed by atoms with van der Waals surface area (Å²) in [6.45, 7) is 2.03. The zero-order valence-electron chi connectivity index (χ0n) is 12.3. The number of anilines is 1. The first-order valence-electron chi connectivity index (χ1n) is 6.96. The van der Waals surface area contributed by atoms with Crippen LogP contribution in [0.25, 0.3) is 10.4 Å². The highest BCUT2D eigenvalue weighted by molar-refractivity contribution is 7.14. The summed E-state index contributed by atoms with van der Waals surface area (Å²) in [5, 5.41) is 11.0. The number of carbonyl (C=O) groups is 1. The molecule has 8 heteroatoms. The Morgan fingerprint density at radius 3 is 3.00 bits per heavy atom. The third-order valence-corrected chi connectivity index (χ3v) is 4.81. The molecular formula is C14H17N5OS2. The highest BCUT2D eigenvalue weighted by atomic mass is 32.1. The fourth-order valence-corrected chi connectivity index (χ4v) is 3.69. The lowest BCUT2D eigenvalue weighted by molar-refractivity contribution is -0.114. The summed E-state index contributed by atoms with van der Waals surface area (Å²) < 4.78 is 0. The molecule has 2 heterocycles. The summed E-state index contributed by atoms with van der Waals surface area (Å²) >= 11 is 3.21. The van der Waals surface area contributed by atoms with E-state index in [2.05, 4.69) is 31.8 Å². The lowest BCUT2D eigenvalue weighted by atomic mass is 10.1. The summed E-state index contributed by atoms with van der Waals surface area (Å²) in [7, 11) is 0. The predicted octanol–water partition coefficient (Wildman–Crippen LogP) is 4.19. The van der Waals surface area contributed by atoms with Gasteiger partial charge in [-0.15, -0.1) is 22.7 Å². The summed E-state index contributed by atoms with van der Waals surface area (Å²) in [4.78, 5) is 19.4. The molecule has 0 fully saturated rings. The van der Waals surface area contributed by atoms with Gasteiger partial charge in [0.1, 0.15) is 0 Å². The van der Waals surface area contributed by atoms with E-state index in [0.717, 1.165) is 31.4 Å². The van der Waals surface area contributed by atoms with Gasteiger partial charge in [-0.05, 0) is 48.2 Å². The number of aryl methyl sites for hydroxylation is 3. The second kappa shape index (κ2) is 8.53. The molecule has 0 aliphatic heterocycles. The van der Waals surface area contributed by atoms with Gasteiger partial charge in [-0.25, -0.2) is 4.98 Å². The number of nitrogens with zero attached hydrogens (tertiary/aromatic N) is 4. The average molecular weight is 335 g/mol. The van der Waals surface area contributed by atoms with Crippen molar-refractivity contribution in [1.29, 1.82) is 0 Å². The fraction of sp³-hybridized carbons (Fsp3) is 0.429. The number of aromatic nitrogens is 1. The second-order valence-electron chi connectivity index (χ2n) is 4.80. The van der Waals surface area contributed by atoms with Crippen molar-refractivity contribution in [2.24, 2.45) is 5.11 Å². The molecular weight excluding hydrogens is 318 g/mol. The molecule has 0 aliphatic carbocycles. The highest BCUT2D eigenvalue weighted by Gasteiger charge is 2.05. The molecule has 2 aromatic heterocycles. The van der Waals surface area contributed by atoms with Crippen LogP contribution in [0.1, 0.15) is 29.5 Å². The first kappa shape index (κ1) is 16.5. The van der Waals surface area contributed by atoms with E-state index in [4.69, 9.17) is 5.53 Å². The van der Waals surface area contributed by atoms with Gasteiger partial charge in [-0.3, -0.25) is 4.79 Å². The summed E-state index contributed by atoms with van der Waals surface area (Å²) in [6.07, 6.45) is 3.64. The van der Waals surface area contributed by atoms with Gasteiger partial charge in [0.25, 0.3) is 0 Å². The zero-order chi connectivity index (χ0) is 15.8. The van der Waals surface area contributed by atoms with Crippen molar-refractivity contribution in [3.8, 4) is 0 Å². The average Bonchev–Trinajstić information content (AvgIpc) is 3.10. The van der Waals surface area contributed by atoms with Crippen molar-refractivity contribution in [3.05, 3.63) is 43.4 Å². The van der Waals surface area contributed by atoms with Gasteiger partial charge >= 0.3 is 0 Å². The van der Waals surface area contributed by atoms with Gasteiger partial charge in [0.15, 0.2) is 5.13 Å². The van der Waals surface area contributed by atoms with E-state index < -0.39 is 0 Å². The fourth-order valence-electron chi connectivity index (χ4n) is 1.97. The minimum absolute atomic E-state index is 0.0930. The molecule has 0 aromatic carbocycles. The van der Waals surface area contributed by atoms with E-state index in [1.807, 2.05) is 5.38 Å². The number of thiophene rings is 1. The topological polar surface area (TPSA) is 90.8 Å². The number of amides is 1. The molecule has 0 aliphatic rings. The smallest absolute Gasteiger partial charge is 0.223 e. The molecule has 0 radical (unpaired) electrons.